The molecule has 0 spiro atoms. The van der Waals surface area contributed by atoms with E-state index in [1.807, 2.05) is 4.90 Å². The molecule has 1 fully saturated rings. The van der Waals surface area contributed by atoms with E-state index in [1.54, 1.807) is 7.11 Å². The number of amides is 1. The summed E-state index contributed by atoms with van der Waals surface area (Å²) in [6, 6.07) is 8.63. The molecule has 24 heavy (non-hydrogen) atoms. The highest BCUT2D eigenvalue weighted by Gasteiger charge is 2.20. The van der Waals surface area contributed by atoms with Crippen molar-refractivity contribution in [3.05, 3.63) is 35.4 Å². The Bertz CT molecular complexity index is 481. The molecule has 0 radical (unpaired) electrons. The van der Waals surface area contributed by atoms with Crippen molar-refractivity contribution in [2.75, 3.05) is 53.0 Å². The highest BCUT2D eigenvalue weighted by atomic mass is 35.5. The third kappa shape index (κ3) is 7.81. The first-order valence-electron chi connectivity index (χ1n) is 7.94. The molecule has 1 N–H and O–H groups in total. The van der Waals surface area contributed by atoms with Crippen LogP contribution in [0.2, 0.25) is 0 Å². The Kier molecular flexibility index (Phi) is 12.1. The van der Waals surface area contributed by atoms with Gasteiger partial charge in [-0.2, -0.15) is 0 Å². The molecule has 5 nitrogen and oxygen atoms in total. The fraction of sp³-hybridized carbons (Fsp3) is 0.588. The van der Waals surface area contributed by atoms with E-state index in [9.17, 15) is 4.79 Å². The van der Waals surface area contributed by atoms with Crippen LogP contribution in [-0.4, -0.2) is 68.7 Å². The predicted octanol–water partition coefficient (Wildman–Crippen LogP) is 1.72. The monoisotopic (exact) mass is 377 g/mol. The van der Waals surface area contributed by atoms with Gasteiger partial charge in [-0.3, -0.25) is 9.69 Å². The largest absolute Gasteiger partial charge is 0.383 e. The van der Waals surface area contributed by atoms with Gasteiger partial charge in [-0.05, 0) is 12.5 Å². The molecule has 0 unspecified atom stereocenters. The first-order valence-corrected chi connectivity index (χ1v) is 7.94. The van der Waals surface area contributed by atoms with Crippen LogP contribution in [0, 0.1) is 6.92 Å². The number of nitrogens with zero attached hydrogens (tertiary/aromatic N) is 2. The zero-order chi connectivity index (χ0) is 15.8. The van der Waals surface area contributed by atoms with Gasteiger partial charge in [0.05, 0.1) is 13.2 Å². The number of nitrogens with one attached hydrogen (secondary N) is 1. The molecule has 7 heteroatoms. The van der Waals surface area contributed by atoms with Gasteiger partial charge in [-0.1, -0.05) is 29.8 Å². The van der Waals surface area contributed by atoms with Gasteiger partial charge >= 0.3 is 0 Å². The molecule has 2 rings (SSSR count). The zero-order valence-electron chi connectivity index (χ0n) is 14.5. The second kappa shape index (κ2) is 12.5. The van der Waals surface area contributed by atoms with Gasteiger partial charge < -0.3 is 15.0 Å². The van der Waals surface area contributed by atoms with E-state index >= 15 is 0 Å². The van der Waals surface area contributed by atoms with Crippen LogP contribution >= 0.6 is 24.8 Å². The number of aryl methyl sites for hydroxylation is 1. The Labute approximate surface area is 157 Å². The summed E-state index contributed by atoms with van der Waals surface area (Å²) in [6.45, 7) is 8.36. The van der Waals surface area contributed by atoms with E-state index in [-0.39, 0.29) is 30.7 Å². The Morgan fingerprint density at radius 2 is 1.92 bits per heavy atom. The predicted molar refractivity (Wildman–Crippen MR) is 102 cm³/mol. The van der Waals surface area contributed by atoms with Crippen LogP contribution in [0.3, 0.4) is 0 Å². The number of piperazine rings is 1. The molecular weight excluding hydrogens is 349 g/mol. The molecule has 1 aromatic carbocycles. The van der Waals surface area contributed by atoms with Crippen molar-refractivity contribution in [2.24, 2.45) is 0 Å². The lowest BCUT2D eigenvalue weighted by molar-refractivity contribution is -0.132. The first kappa shape index (κ1) is 23.1. The van der Waals surface area contributed by atoms with Crippen molar-refractivity contribution in [3.8, 4) is 0 Å². The number of carbonyl (C=O) groups excluding carboxylic acids is 1. The number of hydrogen-bond donors (Lipinski definition) is 1. The molecule has 1 aliphatic rings. The first-order chi connectivity index (χ1) is 10.7. The smallest absolute Gasteiger partial charge is 0.236 e. The summed E-state index contributed by atoms with van der Waals surface area (Å²) in [6.07, 6.45) is 0. The SMILES string of the molecule is COCCNCC(=O)N1CCN(Cc2cccc(C)c2)CC1.Cl.Cl. The summed E-state index contributed by atoms with van der Waals surface area (Å²) < 4.78 is 4.95. The number of ether oxygens (including phenoxy) is 1. The lowest BCUT2D eigenvalue weighted by atomic mass is 10.1. The van der Waals surface area contributed by atoms with Crippen LogP contribution < -0.4 is 5.32 Å². The quantitative estimate of drug-likeness (QED) is 0.734. The van der Waals surface area contributed by atoms with Crippen molar-refractivity contribution in [2.45, 2.75) is 13.5 Å². The van der Waals surface area contributed by atoms with Gasteiger partial charge in [0.2, 0.25) is 5.91 Å². The minimum atomic E-state index is 0. The molecule has 1 amide bonds. The number of methoxy groups -OCH3 is 1. The third-order valence-electron chi connectivity index (χ3n) is 3.97. The van der Waals surface area contributed by atoms with Gasteiger partial charge in [-0.25, -0.2) is 0 Å². The number of carbonyl (C=O) groups is 1. The lowest BCUT2D eigenvalue weighted by Gasteiger charge is -2.35. The maximum Gasteiger partial charge on any atom is 0.236 e. The second-order valence-electron chi connectivity index (χ2n) is 5.82. The van der Waals surface area contributed by atoms with Crippen molar-refractivity contribution in [1.29, 1.82) is 0 Å². The molecule has 0 aromatic heterocycles. The summed E-state index contributed by atoms with van der Waals surface area (Å²) >= 11 is 0. The Morgan fingerprint density at radius 1 is 1.21 bits per heavy atom. The van der Waals surface area contributed by atoms with E-state index in [0.717, 1.165) is 39.3 Å². The number of hydrogen-bond acceptors (Lipinski definition) is 4. The lowest BCUT2D eigenvalue weighted by Crippen LogP contribution is -2.50. The van der Waals surface area contributed by atoms with Crippen LogP contribution in [-0.2, 0) is 16.1 Å². The molecule has 0 saturated carbocycles. The normalized spacial score (nSPS) is 14.7. The average molecular weight is 378 g/mol. The standard InChI is InChI=1S/C17H27N3O2.2ClH/c1-15-4-3-5-16(12-15)14-19-7-9-20(10-8-19)17(21)13-18-6-11-22-2;;/h3-5,12,18H,6-11,13-14H2,1-2H3;2*1H. The van der Waals surface area contributed by atoms with Crippen molar-refractivity contribution >= 4 is 30.7 Å². The maximum atomic E-state index is 12.1. The zero-order valence-corrected chi connectivity index (χ0v) is 16.1. The van der Waals surface area contributed by atoms with E-state index in [1.165, 1.54) is 11.1 Å². The Hall–Kier alpha value is -0.850. The van der Waals surface area contributed by atoms with E-state index in [0.29, 0.717) is 13.2 Å². The summed E-state index contributed by atoms with van der Waals surface area (Å²) in [4.78, 5) is 16.4. The molecule has 1 aromatic rings. The summed E-state index contributed by atoms with van der Waals surface area (Å²) in [7, 11) is 1.66. The Balaban J connectivity index is 0.00000264. The summed E-state index contributed by atoms with van der Waals surface area (Å²) in [5.74, 6) is 0.186. The van der Waals surface area contributed by atoms with Crippen LogP contribution in [0.25, 0.3) is 0 Å². The van der Waals surface area contributed by atoms with Crippen LogP contribution in [0.15, 0.2) is 24.3 Å². The fourth-order valence-corrected chi connectivity index (χ4v) is 2.71. The van der Waals surface area contributed by atoms with Gasteiger partial charge in [0.15, 0.2) is 0 Å². The van der Waals surface area contributed by atoms with Crippen molar-refractivity contribution in [1.82, 2.24) is 15.1 Å². The van der Waals surface area contributed by atoms with Gasteiger partial charge in [0.25, 0.3) is 0 Å². The Morgan fingerprint density at radius 3 is 2.54 bits per heavy atom. The second-order valence-corrected chi connectivity index (χ2v) is 5.82. The molecule has 0 atom stereocenters. The van der Waals surface area contributed by atoms with E-state index < -0.39 is 0 Å². The van der Waals surface area contributed by atoms with Gasteiger partial charge in [-0.15, -0.1) is 24.8 Å². The van der Waals surface area contributed by atoms with E-state index in [2.05, 4.69) is 41.4 Å². The maximum absolute atomic E-state index is 12.1. The molecule has 0 bridgehead atoms. The minimum Gasteiger partial charge on any atom is -0.383 e. The number of halogens is 2. The molecular formula is C17H29Cl2N3O2. The summed E-state index contributed by atoms with van der Waals surface area (Å²) in [5.41, 5.74) is 2.65. The molecule has 0 aliphatic carbocycles. The molecule has 1 heterocycles. The number of rotatable bonds is 7. The molecule has 138 valence electrons. The molecule has 1 aliphatic heterocycles. The van der Waals surface area contributed by atoms with E-state index in [4.69, 9.17) is 4.74 Å². The van der Waals surface area contributed by atoms with Crippen LogP contribution in [0.4, 0.5) is 0 Å². The topological polar surface area (TPSA) is 44.8 Å². The van der Waals surface area contributed by atoms with Crippen molar-refractivity contribution in [3.63, 3.8) is 0 Å². The van der Waals surface area contributed by atoms with Crippen LogP contribution in [0.5, 0.6) is 0 Å². The van der Waals surface area contributed by atoms with Gasteiger partial charge in [0.1, 0.15) is 0 Å². The van der Waals surface area contributed by atoms with Gasteiger partial charge in [0, 0.05) is 46.4 Å². The van der Waals surface area contributed by atoms with Crippen LogP contribution in [0.1, 0.15) is 11.1 Å². The highest BCUT2D eigenvalue weighted by molar-refractivity contribution is 5.85. The average Bonchev–Trinajstić information content (AvgIpc) is 2.52. The van der Waals surface area contributed by atoms with Crippen molar-refractivity contribution < 1.29 is 9.53 Å². The fourth-order valence-electron chi connectivity index (χ4n) is 2.71. The minimum absolute atomic E-state index is 0. The number of benzene rings is 1. The third-order valence-corrected chi connectivity index (χ3v) is 3.97. The molecule has 1 saturated heterocycles. The highest BCUT2D eigenvalue weighted by Crippen LogP contribution is 2.10. The summed E-state index contributed by atoms with van der Waals surface area (Å²) in [5, 5.41) is 3.11.